The Kier molecular flexibility index (Phi) is 8.83. The molecule has 2 amide bonds. The van der Waals surface area contributed by atoms with Crippen molar-refractivity contribution in [3.63, 3.8) is 0 Å². The largest absolute Gasteiger partial charge is 0.497 e. The lowest BCUT2D eigenvalue weighted by atomic mass is 9.98. The maximum absolute atomic E-state index is 13.3. The highest BCUT2D eigenvalue weighted by Crippen LogP contribution is 2.38. The number of methoxy groups -OCH3 is 1. The van der Waals surface area contributed by atoms with E-state index in [0.717, 1.165) is 31.7 Å². The number of likely N-dealkylation sites (N-methyl/N-ethyl adjacent to an activating group) is 2. The molecule has 0 aromatic heterocycles. The number of nitrogens with one attached hydrogen (secondary N) is 1. The summed E-state index contributed by atoms with van der Waals surface area (Å²) in [5.41, 5.74) is 3.44. The van der Waals surface area contributed by atoms with E-state index in [-0.39, 0.29) is 36.4 Å². The molecule has 0 aliphatic carbocycles. The fourth-order valence-corrected chi connectivity index (χ4v) is 7.14. The van der Waals surface area contributed by atoms with Crippen LogP contribution in [0.2, 0.25) is 0 Å². The van der Waals surface area contributed by atoms with Crippen LogP contribution in [0.1, 0.15) is 29.5 Å². The third-order valence-electron chi connectivity index (χ3n) is 7.53. The third kappa shape index (κ3) is 6.54. The van der Waals surface area contributed by atoms with Gasteiger partial charge in [0, 0.05) is 52.0 Å². The van der Waals surface area contributed by atoms with Gasteiger partial charge >= 0.3 is 0 Å². The molecule has 2 aliphatic heterocycles. The minimum absolute atomic E-state index is 0.111. The normalized spacial score (nSPS) is 19.3. The van der Waals surface area contributed by atoms with E-state index in [1.807, 2.05) is 19.1 Å². The molecule has 10 nitrogen and oxygen atoms in total. The van der Waals surface area contributed by atoms with E-state index in [9.17, 15) is 18.0 Å². The Balaban J connectivity index is 1.30. The van der Waals surface area contributed by atoms with Crippen LogP contribution >= 0.6 is 0 Å². The van der Waals surface area contributed by atoms with Gasteiger partial charge in [0.15, 0.2) is 0 Å². The predicted octanol–water partition coefficient (Wildman–Crippen LogP) is 1.64. The molecule has 39 heavy (non-hydrogen) atoms. The van der Waals surface area contributed by atoms with E-state index in [1.54, 1.807) is 38.1 Å². The van der Waals surface area contributed by atoms with Crippen molar-refractivity contribution in [2.75, 3.05) is 71.9 Å². The molecular formula is C28H39N5O5S. The summed E-state index contributed by atoms with van der Waals surface area (Å²) in [5, 5.41) is 2.59. The second-order valence-corrected chi connectivity index (χ2v) is 12.4. The van der Waals surface area contributed by atoms with Crippen LogP contribution in [0.25, 0.3) is 0 Å². The minimum atomic E-state index is -3.86. The number of fused-ring (bicyclic) bond motifs is 1. The molecule has 2 heterocycles. The fourth-order valence-electron chi connectivity index (χ4n) is 5.15. The summed E-state index contributed by atoms with van der Waals surface area (Å²) >= 11 is 0. The number of sulfonamides is 1. The van der Waals surface area contributed by atoms with Crippen LogP contribution in [-0.4, -0.2) is 101 Å². The summed E-state index contributed by atoms with van der Waals surface area (Å²) in [4.78, 5) is 31.8. The SMILES string of the molecule is COc1cc(C)c2c(c1)C(C)CN(CC(=O)NCC(=O)N(C)Cc1ccc(N3CCN(C)CC3)cc1)S2(=O)=O. The van der Waals surface area contributed by atoms with Gasteiger partial charge in [0.05, 0.1) is 25.1 Å². The number of ether oxygens (including phenoxy) is 1. The van der Waals surface area contributed by atoms with Gasteiger partial charge in [-0.25, -0.2) is 8.42 Å². The van der Waals surface area contributed by atoms with Crippen molar-refractivity contribution in [3.05, 3.63) is 53.1 Å². The Bertz CT molecular complexity index is 1310. The molecule has 0 radical (unpaired) electrons. The van der Waals surface area contributed by atoms with Gasteiger partial charge in [-0.15, -0.1) is 0 Å². The van der Waals surface area contributed by atoms with Crippen molar-refractivity contribution >= 4 is 27.5 Å². The van der Waals surface area contributed by atoms with Crippen molar-refractivity contribution in [2.24, 2.45) is 0 Å². The topological polar surface area (TPSA) is 102 Å². The van der Waals surface area contributed by atoms with Crippen LogP contribution in [0, 0.1) is 6.92 Å². The average Bonchev–Trinajstić information content (AvgIpc) is 2.90. The number of nitrogens with zero attached hydrogens (tertiary/aromatic N) is 4. The van der Waals surface area contributed by atoms with Gasteiger partial charge in [0.2, 0.25) is 21.8 Å². The number of benzene rings is 2. The average molecular weight is 558 g/mol. The summed E-state index contributed by atoms with van der Waals surface area (Å²) < 4.78 is 33.1. The molecule has 2 aromatic carbocycles. The Hall–Kier alpha value is -3.15. The number of aryl methyl sites for hydroxylation is 1. The minimum Gasteiger partial charge on any atom is -0.497 e. The lowest BCUT2D eigenvalue weighted by molar-refractivity contribution is -0.132. The lowest BCUT2D eigenvalue weighted by Gasteiger charge is -2.34. The highest BCUT2D eigenvalue weighted by atomic mass is 32.2. The molecule has 2 aromatic rings. The van der Waals surface area contributed by atoms with Gasteiger partial charge in [-0.2, -0.15) is 4.31 Å². The molecule has 11 heteroatoms. The Morgan fingerprint density at radius 2 is 1.77 bits per heavy atom. The van der Waals surface area contributed by atoms with Crippen molar-refractivity contribution in [3.8, 4) is 5.75 Å². The quantitative estimate of drug-likeness (QED) is 0.527. The smallest absolute Gasteiger partial charge is 0.244 e. The number of anilines is 1. The van der Waals surface area contributed by atoms with E-state index >= 15 is 0 Å². The van der Waals surface area contributed by atoms with Gasteiger partial charge < -0.3 is 24.8 Å². The highest BCUT2D eigenvalue weighted by Gasteiger charge is 2.37. The summed E-state index contributed by atoms with van der Waals surface area (Å²) in [6.07, 6.45) is 0. The molecule has 1 fully saturated rings. The molecule has 212 valence electrons. The fraction of sp³-hybridized carbons (Fsp3) is 0.500. The van der Waals surface area contributed by atoms with E-state index in [4.69, 9.17) is 4.74 Å². The van der Waals surface area contributed by atoms with E-state index in [0.29, 0.717) is 23.4 Å². The second-order valence-electron chi connectivity index (χ2n) is 10.5. The molecule has 4 rings (SSSR count). The number of carbonyl (C=O) groups is 2. The Morgan fingerprint density at radius 3 is 2.41 bits per heavy atom. The molecule has 0 saturated carbocycles. The molecule has 0 spiro atoms. The molecular weight excluding hydrogens is 518 g/mol. The van der Waals surface area contributed by atoms with Crippen LogP contribution in [0.15, 0.2) is 41.3 Å². The first-order valence-corrected chi connectivity index (χ1v) is 14.7. The number of hydrogen-bond donors (Lipinski definition) is 1. The summed E-state index contributed by atoms with van der Waals surface area (Å²) in [6, 6.07) is 11.6. The van der Waals surface area contributed by atoms with Crippen LogP contribution in [0.5, 0.6) is 5.75 Å². The molecule has 0 bridgehead atoms. The predicted molar refractivity (Wildman–Crippen MR) is 151 cm³/mol. The number of rotatable bonds is 8. The maximum atomic E-state index is 13.3. The van der Waals surface area contributed by atoms with Crippen LogP contribution in [0.3, 0.4) is 0 Å². The van der Waals surface area contributed by atoms with Crippen molar-refractivity contribution in [1.29, 1.82) is 0 Å². The third-order valence-corrected chi connectivity index (χ3v) is 9.56. The monoisotopic (exact) mass is 557 g/mol. The summed E-state index contributed by atoms with van der Waals surface area (Å²) in [5.74, 6) is -0.276. The highest BCUT2D eigenvalue weighted by molar-refractivity contribution is 7.89. The Morgan fingerprint density at radius 1 is 1.10 bits per heavy atom. The molecule has 1 unspecified atom stereocenters. The van der Waals surface area contributed by atoms with E-state index < -0.39 is 15.9 Å². The number of amides is 2. The van der Waals surface area contributed by atoms with Gasteiger partial charge in [-0.3, -0.25) is 9.59 Å². The van der Waals surface area contributed by atoms with Crippen LogP contribution < -0.4 is 15.0 Å². The van der Waals surface area contributed by atoms with Crippen molar-refractivity contribution < 1.29 is 22.7 Å². The summed E-state index contributed by atoms with van der Waals surface area (Å²) in [7, 11) is 1.50. The standard InChI is InChI=1S/C28H39N5O5S/c1-20-14-24(38-5)15-25-21(2)17-33(39(36,37)28(20)25)19-26(34)29-16-27(35)31(4)18-22-6-8-23(9-7-22)32-12-10-30(3)11-13-32/h6-9,14-15,21H,10-13,16-19H2,1-5H3,(H,29,34). The number of piperazine rings is 1. The first-order chi connectivity index (χ1) is 18.5. The van der Waals surface area contributed by atoms with Gasteiger partial charge in [-0.05, 0) is 60.8 Å². The number of hydrogen-bond acceptors (Lipinski definition) is 7. The Labute approximate surface area is 231 Å². The maximum Gasteiger partial charge on any atom is 0.244 e. The first-order valence-electron chi connectivity index (χ1n) is 13.2. The van der Waals surface area contributed by atoms with E-state index in [1.165, 1.54) is 9.99 Å². The van der Waals surface area contributed by atoms with Crippen LogP contribution in [0.4, 0.5) is 5.69 Å². The van der Waals surface area contributed by atoms with Crippen molar-refractivity contribution in [2.45, 2.75) is 31.2 Å². The van der Waals surface area contributed by atoms with Gasteiger partial charge in [0.1, 0.15) is 5.75 Å². The number of carbonyl (C=O) groups excluding carboxylic acids is 2. The summed E-state index contributed by atoms with van der Waals surface area (Å²) in [6.45, 7) is 7.75. The van der Waals surface area contributed by atoms with E-state index in [2.05, 4.69) is 34.3 Å². The molecule has 1 atom stereocenters. The zero-order valence-electron chi connectivity index (χ0n) is 23.4. The van der Waals surface area contributed by atoms with Gasteiger partial charge in [-0.1, -0.05) is 19.1 Å². The zero-order valence-corrected chi connectivity index (χ0v) is 24.3. The lowest BCUT2D eigenvalue weighted by Crippen LogP contribution is -2.47. The zero-order chi connectivity index (χ0) is 28.3. The first kappa shape index (κ1) is 28.8. The second kappa shape index (κ2) is 11.9. The van der Waals surface area contributed by atoms with Gasteiger partial charge in [0.25, 0.3) is 0 Å². The van der Waals surface area contributed by atoms with Crippen LogP contribution in [-0.2, 0) is 26.2 Å². The molecule has 1 saturated heterocycles. The van der Waals surface area contributed by atoms with Crippen molar-refractivity contribution in [1.82, 2.24) is 19.4 Å². The molecule has 2 aliphatic rings. The molecule has 1 N–H and O–H groups in total.